The third kappa shape index (κ3) is 3.73. The molecule has 1 aromatic rings. The lowest BCUT2D eigenvalue weighted by Gasteiger charge is -2.12. The van der Waals surface area contributed by atoms with Gasteiger partial charge in [-0.1, -0.05) is 18.2 Å². The summed E-state index contributed by atoms with van der Waals surface area (Å²) in [5, 5.41) is 1.53. The maximum Gasteiger partial charge on any atom is 0.238 e. The predicted molar refractivity (Wildman–Crippen MR) is 69.1 cm³/mol. The average molecular weight is 271 g/mol. The zero-order valence-electron chi connectivity index (χ0n) is 10.6. The standard InChI is InChI=1S/C12H17NO4S/c1-9(18(3,15)16)12(14)13-8-10-6-4-5-7-11(10)17-2/h4-7,9H,8H2,1-3H3,(H,13,14)/t9-/m0/s1. The fraction of sp³-hybridized carbons (Fsp3) is 0.417. The van der Waals surface area contributed by atoms with E-state index >= 15 is 0 Å². The molecule has 0 aliphatic rings. The second-order valence-electron chi connectivity index (χ2n) is 4.00. The first-order valence-corrected chi connectivity index (χ1v) is 7.40. The van der Waals surface area contributed by atoms with Gasteiger partial charge in [-0.25, -0.2) is 8.42 Å². The number of sulfone groups is 1. The van der Waals surface area contributed by atoms with Crippen molar-refractivity contribution in [1.29, 1.82) is 0 Å². The van der Waals surface area contributed by atoms with Crippen molar-refractivity contribution in [1.82, 2.24) is 5.32 Å². The van der Waals surface area contributed by atoms with Crippen LogP contribution in [-0.2, 0) is 21.2 Å². The molecule has 18 heavy (non-hydrogen) atoms. The molecule has 0 aliphatic carbocycles. The molecular weight excluding hydrogens is 254 g/mol. The Labute approximate surface area is 107 Å². The number of hydrogen-bond acceptors (Lipinski definition) is 4. The second kappa shape index (κ2) is 5.86. The van der Waals surface area contributed by atoms with Crippen LogP contribution < -0.4 is 10.1 Å². The number of amides is 1. The summed E-state index contributed by atoms with van der Waals surface area (Å²) >= 11 is 0. The molecule has 1 amide bonds. The Morgan fingerprint density at radius 1 is 1.39 bits per heavy atom. The van der Waals surface area contributed by atoms with Gasteiger partial charge in [-0.3, -0.25) is 4.79 Å². The molecule has 6 heteroatoms. The third-order valence-corrected chi connectivity index (χ3v) is 4.16. The van der Waals surface area contributed by atoms with Crippen molar-refractivity contribution in [2.75, 3.05) is 13.4 Å². The molecule has 0 saturated carbocycles. The van der Waals surface area contributed by atoms with E-state index in [4.69, 9.17) is 4.74 Å². The van der Waals surface area contributed by atoms with Crippen molar-refractivity contribution < 1.29 is 17.9 Å². The number of rotatable bonds is 5. The van der Waals surface area contributed by atoms with Gasteiger partial charge in [0.25, 0.3) is 0 Å². The first-order valence-electron chi connectivity index (χ1n) is 5.44. The Bertz CT molecular complexity index is 525. The highest BCUT2D eigenvalue weighted by Gasteiger charge is 2.23. The Hall–Kier alpha value is -1.56. The van der Waals surface area contributed by atoms with Gasteiger partial charge in [-0.15, -0.1) is 0 Å². The number of hydrogen-bond donors (Lipinski definition) is 1. The summed E-state index contributed by atoms with van der Waals surface area (Å²) in [5.41, 5.74) is 0.800. The Balaban J connectivity index is 2.69. The largest absolute Gasteiger partial charge is 0.496 e. The molecule has 0 heterocycles. The highest BCUT2D eigenvalue weighted by atomic mass is 32.2. The molecular formula is C12H17NO4S. The van der Waals surface area contributed by atoms with Crippen molar-refractivity contribution in [3.05, 3.63) is 29.8 Å². The summed E-state index contributed by atoms with van der Waals surface area (Å²) in [4.78, 5) is 11.6. The Kier molecular flexibility index (Phi) is 4.72. The van der Waals surface area contributed by atoms with Gasteiger partial charge in [0, 0.05) is 18.4 Å². The number of benzene rings is 1. The van der Waals surface area contributed by atoms with Gasteiger partial charge in [0.05, 0.1) is 7.11 Å². The van der Waals surface area contributed by atoms with Crippen LogP contribution in [0.1, 0.15) is 12.5 Å². The number of para-hydroxylation sites is 1. The minimum Gasteiger partial charge on any atom is -0.496 e. The summed E-state index contributed by atoms with van der Waals surface area (Å²) in [6, 6.07) is 7.24. The van der Waals surface area contributed by atoms with Crippen LogP contribution in [0.25, 0.3) is 0 Å². The minimum absolute atomic E-state index is 0.239. The van der Waals surface area contributed by atoms with Crippen LogP contribution in [0.2, 0.25) is 0 Å². The summed E-state index contributed by atoms with van der Waals surface area (Å²) in [6.45, 7) is 1.61. The summed E-state index contributed by atoms with van der Waals surface area (Å²) in [6.07, 6.45) is 1.04. The molecule has 0 aliphatic heterocycles. The Morgan fingerprint density at radius 3 is 2.56 bits per heavy atom. The normalized spacial score (nSPS) is 12.8. The molecule has 0 spiro atoms. The highest BCUT2D eigenvalue weighted by Crippen LogP contribution is 2.16. The maximum atomic E-state index is 11.6. The lowest BCUT2D eigenvalue weighted by atomic mass is 10.2. The van der Waals surface area contributed by atoms with Crippen LogP contribution in [0.3, 0.4) is 0 Å². The second-order valence-corrected chi connectivity index (χ2v) is 6.37. The fourth-order valence-electron chi connectivity index (χ4n) is 1.37. The van der Waals surface area contributed by atoms with Crippen molar-refractivity contribution in [3.63, 3.8) is 0 Å². The summed E-state index contributed by atoms with van der Waals surface area (Å²) in [7, 11) is -1.82. The zero-order valence-corrected chi connectivity index (χ0v) is 11.5. The van der Waals surface area contributed by atoms with Gasteiger partial charge < -0.3 is 10.1 Å². The highest BCUT2D eigenvalue weighted by molar-refractivity contribution is 7.92. The van der Waals surface area contributed by atoms with E-state index < -0.39 is 21.0 Å². The zero-order chi connectivity index (χ0) is 13.8. The van der Waals surface area contributed by atoms with Crippen molar-refractivity contribution in [2.45, 2.75) is 18.7 Å². The van der Waals surface area contributed by atoms with Crippen LogP contribution in [0.5, 0.6) is 5.75 Å². The molecule has 1 aromatic carbocycles. The molecule has 0 radical (unpaired) electrons. The molecule has 5 nitrogen and oxygen atoms in total. The fourth-order valence-corrected chi connectivity index (χ4v) is 1.84. The van der Waals surface area contributed by atoms with Crippen molar-refractivity contribution in [3.8, 4) is 5.75 Å². The van der Waals surface area contributed by atoms with E-state index in [0.29, 0.717) is 5.75 Å². The lowest BCUT2D eigenvalue weighted by molar-refractivity contribution is -0.120. The summed E-state index contributed by atoms with van der Waals surface area (Å²) < 4.78 is 27.6. The van der Waals surface area contributed by atoms with Gasteiger partial charge in [0.2, 0.25) is 5.91 Å². The lowest BCUT2D eigenvalue weighted by Crippen LogP contribution is -2.37. The molecule has 100 valence electrons. The van der Waals surface area contributed by atoms with Crippen LogP contribution in [0.15, 0.2) is 24.3 Å². The van der Waals surface area contributed by atoms with E-state index in [9.17, 15) is 13.2 Å². The van der Waals surface area contributed by atoms with Gasteiger partial charge in [0.15, 0.2) is 9.84 Å². The number of ether oxygens (including phenoxy) is 1. The number of nitrogens with one attached hydrogen (secondary N) is 1. The van der Waals surface area contributed by atoms with E-state index in [1.54, 1.807) is 13.2 Å². The van der Waals surface area contributed by atoms with Crippen molar-refractivity contribution in [2.24, 2.45) is 0 Å². The first kappa shape index (κ1) is 14.5. The first-order chi connectivity index (χ1) is 8.36. The van der Waals surface area contributed by atoms with E-state index in [1.165, 1.54) is 6.92 Å². The molecule has 0 unspecified atom stereocenters. The van der Waals surface area contributed by atoms with Gasteiger partial charge >= 0.3 is 0 Å². The number of carbonyl (C=O) groups excluding carboxylic acids is 1. The van der Waals surface area contributed by atoms with E-state index in [2.05, 4.69) is 5.32 Å². The van der Waals surface area contributed by atoms with Crippen LogP contribution in [0.4, 0.5) is 0 Å². The molecule has 1 atom stereocenters. The quantitative estimate of drug-likeness (QED) is 0.857. The Morgan fingerprint density at radius 2 is 2.00 bits per heavy atom. The molecule has 1 rings (SSSR count). The average Bonchev–Trinajstić information content (AvgIpc) is 2.34. The van der Waals surface area contributed by atoms with Gasteiger partial charge in [0.1, 0.15) is 11.0 Å². The van der Waals surface area contributed by atoms with Gasteiger partial charge in [-0.05, 0) is 13.0 Å². The van der Waals surface area contributed by atoms with Crippen LogP contribution in [0, 0.1) is 0 Å². The van der Waals surface area contributed by atoms with Gasteiger partial charge in [-0.2, -0.15) is 0 Å². The van der Waals surface area contributed by atoms with Crippen LogP contribution in [-0.4, -0.2) is 32.9 Å². The van der Waals surface area contributed by atoms with E-state index in [-0.39, 0.29) is 6.54 Å². The van der Waals surface area contributed by atoms with E-state index in [1.807, 2.05) is 18.2 Å². The molecule has 0 bridgehead atoms. The smallest absolute Gasteiger partial charge is 0.238 e. The van der Waals surface area contributed by atoms with Crippen molar-refractivity contribution >= 4 is 15.7 Å². The number of methoxy groups -OCH3 is 1. The molecule has 1 N–H and O–H groups in total. The monoisotopic (exact) mass is 271 g/mol. The molecule has 0 aromatic heterocycles. The van der Waals surface area contributed by atoms with E-state index in [0.717, 1.165) is 11.8 Å². The molecule has 0 fully saturated rings. The maximum absolute atomic E-state index is 11.6. The van der Waals surface area contributed by atoms with Crippen LogP contribution >= 0.6 is 0 Å². The topological polar surface area (TPSA) is 72.5 Å². The minimum atomic E-state index is -3.37. The number of carbonyl (C=O) groups is 1. The predicted octanol–water partition coefficient (Wildman–Crippen LogP) is 0.744. The summed E-state index contributed by atoms with van der Waals surface area (Å²) in [5.74, 6) is 0.146. The molecule has 0 saturated heterocycles. The third-order valence-electron chi connectivity index (χ3n) is 2.66. The SMILES string of the molecule is COc1ccccc1CNC(=O)[C@H](C)S(C)(=O)=O.